The van der Waals surface area contributed by atoms with E-state index in [0.29, 0.717) is 6.04 Å². The van der Waals surface area contributed by atoms with E-state index in [1.807, 2.05) is 19.2 Å². The Hall–Kier alpha value is -0.990. The largest absolute Gasteiger partial charge is 0.357 e. The zero-order valence-corrected chi connectivity index (χ0v) is 10.1. The number of aromatic amines is 1. The van der Waals surface area contributed by atoms with Crippen LogP contribution in [0.1, 0.15) is 17.7 Å². The number of hydrogen-bond acceptors (Lipinski definition) is 1. The van der Waals surface area contributed by atoms with E-state index in [1.54, 1.807) is 0 Å². The Labute approximate surface area is 100.0 Å². The molecule has 0 radical (unpaired) electrons. The summed E-state index contributed by atoms with van der Waals surface area (Å²) in [5.74, 6) is 0. The van der Waals surface area contributed by atoms with Crippen LogP contribution in [0.4, 0.5) is 0 Å². The first-order chi connectivity index (χ1) is 7.79. The van der Waals surface area contributed by atoms with Crippen molar-refractivity contribution in [2.24, 2.45) is 0 Å². The predicted octanol–water partition coefficient (Wildman–Crippen LogP) is 2.90. The third kappa shape index (κ3) is 1.45. The van der Waals surface area contributed by atoms with Gasteiger partial charge < -0.3 is 10.3 Å². The van der Waals surface area contributed by atoms with Crippen molar-refractivity contribution in [2.45, 2.75) is 25.3 Å². The zero-order chi connectivity index (χ0) is 11.1. The van der Waals surface area contributed by atoms with E-state index >= 15 is 0 Å². The fraction of sp³-hybridized carbons (Fsp3) is 0.385. The van der Waals surface area contributed by atoms with Gasteiger partial charge in [0.05, 0.1) is 10.5 Å². The van der Waals surface area contributed by atoms with E-state index in [2.05, 4.69) is 16.4 Å². The second kappa shape index (κ2) is 3.79. The van der Waals surface area contributed by atoms with Crippen molar-refractivity contribution < 1.29 is 0 Å². The first kappa shape index (κ1) is 10.2. The van der Waals surface area contributed by atoms with Gasteiger partial charge >= 0.3 is 0 Å². The number of likely N-dealkylation sites (N-methyl/N-ethyl adjacent to an activating group) is 1. The van der Waals surface area contributed by atoms with Gasteiger partial charge in [0.25, 0.3) is 0 Å². The summed E-state index contributed by atoms with van der Waals surface area (Å²) in [6, 6.07) is 6.74. The molecule has 16 heavy (non-hydrogen) atoms. The predicted molar refractivity (Wildman–Crippen MR) is 68.2 cm³/mol. The van der Waals surface area contributed by atoms with E-state index in [9.17, 15) is 0 Å². The summed E-state index contributed by atoms with van der Waals surface area (Å²) in [5.41, 5.74) is 3.92. The Morgan fingerprint density at radius 2 is 2.31 bits per heavy atom. The third-order valence-electron chi connectivity index (χ3n) is 3.58. The lowest BCUT2D eigenvalue weighted by atomic mass is 9.91. The molecule has 0 spiro atoms. The molecular weight excluding hydrogens is 220 g/mol. The molecule has 3 rings (SSSR count). The van der Waals surface area contributed by atoms with E-state index in [-0.39, 0.29) is 0 Å². The summed E-state index contributed by atoms with van der Waals surface area (Å²) in [6.07, 6.45) is 3.42. The van der Waals surface area contributed by atoms with Crippen molar-refractivity contribution in [3.05, 3.63) is 34.5 Å². The molecule has 2 N–H and O–H groups in total. The number of H-pyrrole nitrogens is 1. The first-order valence-corrected chi connectivity index (χ1v) is 6.12. The molecule has 1 aliphatic carbocycles. The van der Waals surface area contributed by atoms with Crippen LogP contribution in [0.2, 0.25) is 5.02 Å². The number of rotatable bonds is 1. The highest BCUT2D eigenvalue weighted by atomic mass is 35.5. The van der Waals surface area contributed by atoms with Crippen LogP contribution < -0.4 is 5.32 Å². The average Bonchev–Trinajstić information content (AvgIpc) is 2.68. The molecule has 84 valence electrons. The lowest BCUT2D eigenvalue weighted by Crippen LogP contribution is -2.31. The number of hydrogen-bond donors (Lipinski definition) is 2. The summed E-state index contributed by atoms with van der Waals surface area (Å²) in [4.78, 5) is 3.47. The quantitative estimate of drug-likeness (QED) is 0.780. The molecule has 0 aliphatic heterocycles. The maximum atomic E-state index is 6.20. The minimum absolute atomic E-state index is 0.602. The smallest absolute Gasteiger partial charge is 0.0648 e. The average molecular weight is 235 g/mol. The minimum atomic E-state index is 0.602. The Morgan fingerprint density at radius 3 is 3.12 bits per heavy atom. The molecule has 1 atom stereocenters. The number of halogens is 1. The fourth-order valence-electron chi connectivity index (χ4n) is 2.65. The van der Waals surface area contributed by atoms with E-state index in [0.717, 1.165) is 23.4 Å². The van der Waals surface area contributed by atoms with Gasteiger partial charge in [0.1, 0.15) is 0 Å². The molecule has 1 aromatic heterocycles. The van der Waals surface area contributed by atoms with Crippen LogP contribution in [0.25, 0.3) is 10.9 Å². The van der Waals surface area contributed by atoms with Crippen LogP contribution in [0, 0.1) is 0 Å². The molecule has 0 unspecified atom stereocenters. The fourth-order valence-corrected chi connectivity index (χ4v) is 2.87. The van der Waals surface area contributed by atoms with Crippen molar-refractivity contribution in [3.63, 3.8) is 0 Å². The van der Waals surface area contributed by atoms with Gasteiger partial charge in [0.15, 0.2) is 0 Å². The van der Waals surface area contributed by atoms with E-state index in [4.69, 9.17) is 11.6 Å². The molecule has 0 saturated heterocycles. The maximum Gasteiger partial charge on any atom is 0.0648 e. The van der Waals surface area contributed by atoms with Crippen molar-refractivity contribution in [1.29, 1.82) is 0 Å². The zero-order valence-electron chi connectivity index (χ0n) is 9.31. The molecule has 1 aromatic carbocycles. The van der Waals surface area contributed by atoms with Gasteiger partial charge in [-0.15, -0.1) is 0 Å². The van der Waals surface area contributed by atoms with Crippen LogP contribution in [-0.2, 0) is 12.8 Å². The summed E-state index contributed by atoms with van der Waals surface area (Å²) in [5, 5.41) is 5.49. The molecule has 2 nitrogen and oxygen atoms in total. The minimum Gasteiger partial charge on any atom is -0.357 e. The Kier molecular flexibility index (Phi) is 2.41. The van der Waals surface area contributed by atoms with Crippen molar-refractivity contribution >= 4 is 22.5 Å². The van der Waals surface area contributed by atoms with Gasteiger partial charge in [0.2, 0.25) is 0 Å². The molecule has 2 aromatic rings. The van der Waals surface area contributed by atoms with Gasteiger partial charge in [-0.1, -0.05) is 23.7 Å². The number of nitrogens with one attached hydrogen (secondary N) is 2. The second-order valence-electron chi connectivity index (χ2n) is 4.47. The standard InChI is InChI=1S/C13H15ClN2/c1-15-8-5-6-12-10(7-8)9-3-2-4-11(14)13(9)16-12/h2-4,8,15-16H,5-7H2,1H3/t8-/m1/s1. The topological polar surface area (TPSA) is 27.8 Å². The summed E-state index contributed by atoms with van der Waals surface area (Å²) in [7, 11) is 2.04. The van der Waals surface area contributed by atoms with Crippen LogP contribution in [0.3, 0.4) is 0 Å². The number of para-hydroxylation sites is 1. The van der Waals surface area contributed by atoms with Gasteiger partial charge in [0, 0.05) is 17.1 Å². The molecule has 1 aliphatic rings. The lowest BCUT2D eigenvalue weighted by molar-refractivity contribution is 0.495. The number of benzene rings is 1. The van der Waals surface area contributed by atoms with Gasteiger partial charge in [-0.2, -0.15) is 0 Å². The molecule has 1 heterocycles. The summed E-state index contributed by atoms with van der Waals surface area (Å²) >= 11 is 6.20. The second-order valence-corrected chi connectivity index (χ2v) is 4.88. The van der Waals surface area contributed by atoms with Gasteiger partial charge in [-0.3, -0.25) is 0 Å². The first-order valence-electron chi connectivity index (χ1n) is 5.75. The molecular formula is C13H15ClN2. The normalized spacial score (nSPS) is 20.0. The van der Waals surface area contributed by atoms with Crippen molar-refractivity contribution in [1.82, 2.24) is 10.3 Å². The SMILES string of the molecule is CN[C@@H]1CCc2[nH]c3c(Cl)cccc3c2C1. The van der Waals surface area contributed by atoms with Gasteiger partial charge in [-0.05, 0) is 37.9 Å². The molecule has 0 fully saturated rings. The molecule has 0 amide bonds. The van der Waals surface area contributed by atoms with Crippen LogP contribution in [0.15, 0.2) is 18.2 Å². The Bertz CT molecular complexity index is 530. The van der Waals surface area contributed by atoms with Crippen LogP contribution >= 0.6 is 11.6 Å². The van der Waals surface area contributed by atoms with E-state index < -0.39 is 0 Å². The van der Waals surface area contributed by atoms with Gasteiger partial charge in [-0.25, -0.2) is 0 Å². The Balaban J connectivity index is 2.18. The number of aromatic nitrogens is 1. The van der Waals surface area contributed by atoms with Crippen molar-refractivity contribution in [3.8, 4) is 0 Å². The highest BCUT2D eigenvalue weighted by molar-refractivity contribution is 6.35. The number of fused-ring (bicyclic) bond motifs is 3. The summed E-state index contributed by atoms with van der Waals surface area (Å²) in [6.45, 7) is 0. The lowest BCUT2D eigenvalue weighted by Gasteiger charge is -2.21. The maximum absolute atomic E-state index is 6.20. The molecule has 0 bridgehead atoms. The monoisotopic (exact) mass is 234 g/mol. The van der Waals surface area contributed by atoms with Crippen molar-refractivity contribution in [2.75, 3.05) is 7.05 Å². The van der Waals surface area contributed by atoms with Crippen LogP contribution in [-0.4, -0.2) is 18.1 Å². The third-order valence-corrected chi connectivity index (χ3v) is 3.90. The van der Waals surface area contributed by atoms with Crippen LogP contribution in [0.5, 0.6) is 0 Å². The highest BCUT2D eigenvalue weighted by Crippen LogP contribution is 2.32. The summed E-state index contributed by atoms with van der Waals surface area (Å²) < 4.78 is 0. The molecule has 3 heteroatoms. The van der Waals surface area contributed by atoms with E-state index in [1.165, 1.54) is 23.1 Å². The highest BCUT2D eigenvalue weighted by Gasteiger charge is 2.21. The number of aryl methyl sites for hydroxylation is 1. The molecule has 0 saturated carbocycles. The Morgan fingerprint density at radius 1 is 1.44 bits per heavy atom.